The topological polar surface area (TPSA) is 30.2 Å². The second-order valence-corrected chi connectivity index (χ2v) is 3.55. The van der Waals surface area contributed by atoms with E-state index in [1.54, 1.807) is 29.1 Å². The van der Waals surface area contributed by atoms with Crippen LogP contribution in [0.5, 0.6) is 0 Å². The Hall–Kier alpha value is -2.30. The van der Waals surface area contributed by atoms with Gasteiger partial charge in [0.25, 0.3) is 0 Å². The number of aromatic nitrogens is 3. The van der Waals surface area contributed by atoms with E-state index >= 15 is 0 Å². The summed E-state index contributed by atoms with van der Waals surface area (Å²) in [5, 5.41) is 0. The first-order chi connectivity index (χ1) is 8.25. The number of nitrogens with zero attached hydrogens (tertiary/aromatic N) is 3. The highest BCUT2D eigenvalue weighted by Crippen LogP contribution is 2.24. The van der Waals surface area contributed by atoms with Crippen LogP contribution in [-0.4, -0.2) is 14.4 Å². The lowest BCUT2D eigenvalue weighted by molar-refractivity contribution is 0.589. The van der Waals surface area contributed by atoms with Crippen LogP contribution in [0.4, 0.5) is 8.78 Å². The van der Waals surface area contributed by atoms with Crippen LogP contribution in [0.2, 0.25) is 0 Å². The summed E-state index contributed by atoms with van der Waals surface area (Å²) in [7, 11) is 0. The minimum Gasteiger partial charge on any atom is -0.291 e. The number of hydrogen-bond donors (Lipinski definition) is 0. The Kier molecular flexibility index (Phi) is 2.11. The molecule has 0 radical (unpaired) electrons. The Morgan fingerprint density at radius 3 is 2.53 bits per heavy atom. The SMILES string of the molecule is Fc1cccc(F)c1-c1cn2cccnc2n1. The summed E-state index contributed by atoms with van der Waals surface area (Å²) in [6, 6.07) is 5.45. The highest BCUT2D eigenvalue weighted by Gasteiger charge is 2.14. The van der Waals surface area contributed by atoms with Gasteiger partial charge in [-0.1, -0.05) is 6.07 Å². The maximum absolute atomic E-state index is 13.6. The number of hydrogen-bond acceptors (Lipinski definition) is 2. The third-order valence-corrected chi connectivity index (χ3v) is 2.45. The zero-order valence-electron chi connectivity index (χ0n) is 8.64. The second kappa shape index (κ2) is 3.62. The van der Waals surface area contributed by atoms with Crippen molar-refractivity contribution in [3.05, 3.63) is 54.5 Å². The molecule has 3 nitrogen and oxygen atoms in total. The fourth-order valence-electron chi connectivity index (χ4n) is 1.69. The lowest BCUT2D eigenvalue weighted by Crippen LogP contribution is -1.89. The minimum absolute atomic E-state index is 0.127. The molecule has 17 heavy (non-hydrogen) atoms. The van der Waals surface area contributed by atoms with E-state index in [9.17, 15) is 8.78 Å². The van der Waals surface area contributed by atoms with Crippen molar-refractivity contribution >= 4 is 5.78 Å². The van der Waals surface area contributed by atoms with E-state index in [4.69, 9.17) is 0 Å². The maximum atomic E-state index is 13.6. The summed E-state index contributed by atoms with van der Waals surface area (Å²) in [6.45, 7) is 0. The molecule has 0 unspecified atom stereocenters. The molecule has 5 heteroatoms. The van der Waals surface area contributed by atoms with E-state index in [-0.39, 0.29) is 11.3 Å². The molecule has 0 N–H and O–H groups in total. The van der Waals surface area contributed by atoms with Gasteiger partial charge in [-0.05, 0) is 18.2 Å². The molecule has 0 spiro atoms. The standard InChI is InChI=1S/C12H7F2N3/c13-8-3-1-4-9(14)11(8)10-7-17-6-2-5-15-12(17)16-10/h1-7H. The molecule has 1 aromatic carbocycles. The quantitative estimate of drug-likeness (QED) is 0.644. The van der Waals surface area contributed by atoms with Crippen molar-refractivity contribution in [2.24, 2.45) is 0 Å². The number of imidazole rings is 1. The Morgan fingerprint density at radius 2 is 1.82 bits per heavy atom. The molecular weight excluding hydrogens is 224 g/mol. The van der Waals surface area contributed by atoms with Crippen LogP contribution in [-0.2, 0) is 0 Å². The number of fused-ring (bicyclic) bond motifs is 1. The van der Waals surface area contributed by atoms with Crippen LogP contribution in [0.1, 0.15) is 0 Å². The van der Waals surface area contributed by atoms with Crippen LogP contribution in [0, 0.1) is 11.6 Å². The molecule has 2 aromatic heterocycles. The van der Waals surface area contributed by atoms with Gasteiger partial charge in [-0.15, -0.1) is 0 Å². The lowest BCUT2D eigenvalue weighted by atomic mass is 10.1. The first kappa shape index (κ1) is 9.89. The molecule has 0 saturated heterocycles. The van der Waals surface area contributed by atoms with Crippen LogP contribution < -0.4 is 0 Å². The van der Waals surface area contributed by atoms with E-state index in [0.29, 0.717) is 5.78 Å². The summed E-state index contributed by atoms with van der Waals surface area (Å²) in [5.74, 6) is -0.855. The molecule has 84 valence electrons. The highest BCUT2D eigenvalue weighted by atomic mass is 19.1. The fourth-order valence-corrected chi connectivity index (χ4v) is 1.69. The summed E-state index contributed by atoms with van der Waals surface area (Å²) in [6.07, 6.45) is 4.84. The maximum Gasteiger partial charge on any atom is 0.234 e. The first-order valence-corrected chi connectivity index (χ1v) is 5.00. The van der Waals surface area contributed by atoms with Crippen molar-refractivity contribution in [3.63, 3.8) is 0 Å². The van der Waals surface area contributed by atoms with E-state index < -0.39 is 11.6 Å². The molecule has 0 aliphatic heterocycles. The molecule has 0 fully saturated rings. The van der Waals surface area contributed by atoms with Crippen molar-refractivity contribution in [3.8, 4) is 11.3 Å². The van der Waals surface area contributed by atoms with Gasteiger partial charge in [0, 0.05) is 18.6 Å². The molecule has 3 rings (SSSR count). The Labute approximate surface area is 95.4 Å². The van der Waals surface area contributed by atoms with Crippen molar-refractivity contribution < 1.29 is 8.78 Å². The fraction of sp³-hybridized carbons (Fsp3) is 0. The van der Waals surface area contributed by atoms with E-state index in [2.05, 4.69) is 9.97 Å². The average molecular weight is 231 g/mol. The lowest BCUT2D eigenvalue weighted by Gasteiger charge is -1.99. The van der Waals surface area contributed by atoms with Crippen molar-refractivity contribution in [2.45, 2.75) is 0 Å². The van der Waals surface area contributed by atoms with Gasteiger partial charge in [0.2, 0.25) is 5.78 Å². The van der Waals surface area contributed by atoms with E-state index in [0.717, 1.165) is 0 Å². The van der Waals surface area contributed by atoms with Gasteiger partial charge in [-0.2, -0.15) is 0 Å². The highest BCUT2D eigenvalue weighted by molar-refractivity contribution is 5.62. The largest absolute Gasteiger partial charge is 0.291 e. The molecule has 0 bridgehead atoms. The van der Waals surface area contributed by atoms with Gasteiger partial charge in [0.05, 0.1) is 11.3 Å². The van der Waals surface area contributed by atoms with Crippen molar-refractivity contribution in [2.75, 3.05) is 0 Å². The van der Waals surface area contributed by atoms with Gasteiger partial charge < -0.3 is 0 Å². The van der Waals surface area contributed by atoms with Crippen LogP contribution in [0.25, 0.3) is 17.0 Å². The zero-order valence-corrected chi connectivity index (χ0v) is 8.64. The normalized spacial score (nSPS) is 10.9. The molecule has 2 heterocycles. The number of halogens is 2. The smallest absolute Gasteiger partial charge is 0.234 e. The predicted molar refractivity (Wildman–Crippen MR) is 58.3 cm³/mol. The summed E-state index contributed by atoms with van der Waals surface area (Å²) >= 11 is 0. The van der Waals surface area contributed by atoms with Crippen LogP contribution in [0.15, 0.2) is 42.9 Å². The monoisotopic (exact) mass is 231 g/mol. The second-order valence-electron chi connectivity index (χ2n) is 3.55. The molecule has 3 aromatic rings. The summed E-state index contributed by atoms with van der Waals surface area (Å²) in [5.41, 5.74) is 0.109. The first-order valence-electron chi connectivity index (χ1n) is 5.00. The summed E-state index contributed by atoms with van der Waals surface area (Å²) in [4.78, 5) is 8.07. The Balaban J connectivity index is 2.27. The van der Waals surface area contributed by atoms with Crippen LogP contribution in [0.3, 0.4) is 0 Å². The van der Waals surface area contributed by atoms with Gasteiger partial charge >= 0.3 is 0 Å². The van der Waals surface area contributed by atoms with Gasteiger partial charge in [-0.25, -0.2) is 18.7 Å². The molecule has 0 aliphatic carbocycles. The molecule has 0 saturated carbocycles. The Morgan fingerprint density at radius 1 is 1.06 bits per heavy atom. The predicted octanol–water partition coefficient (Wildman–Crippen LogP) is 2.67. The van der Waals surface area contributed by atoms with Crippen LogP contribution >= 0.6 is 0 Å². The molecule has 0 aliphatic rings. The number of benzene rings is 1. The minimum atomic E-state index is -0.631. The van der Waals surface area contributed by atoms with Crippen molar-refractivity contribution in [1.82, 2.24) is 14.4 Å². The molecule has 0 amide bonds. The third kappa shape index (κ3) is 1.56. The molecular formula is C12H7F2N3. The van der Waals surface area contributed by atoms with Crippen molar-refractivity contribution in [1.29, 1.82) is 0 Å². The zero-order chi connectivity index (χ0) is 11.8. The van der Waals surface area contributed by atoms with Gasteiger partial charge in [0.15, 0.2) is 0 Å². The van der Waals surface area contributed by atoms with E-state index in [1.807, 2.05) is 0 Å². The summed E-state index contributed by atoms with van der Waals surface area (Å²) < 4.78 is 28.7. The Bertz CT molecular complexity index is 638. The molecule has 0 atom stereocenters. The number of rotatable bonds is 1. The van der Waals surface area contributed by atoms with Gasteiger partial charge in [0.1, 0.15) is 11.6 Å². The van der Waals surface area contributed by atoms with Gasteiger partial charge in [-0.3, -0.25) is 4.40 Å². The average Bonchev–Trinajstić information content (AvgIpc) is 2.71. The third-order valence-electron chi connectivity index (χ3n) is 2.45. The van der Waals surface area contributed by atoms with E-state index in [1.165, 1.54) is 18.2 Å².